The molecule has 2 aliphatic rings. The highest BCUT2D eigenvalue weighted by molar-refractivity contribution is 7.99. The second-order valence-electron chi connectivity index (χ2n) is 5.38. The Kier molecular flexibility index (Phi) is 4.57. The van der Waals surface area contributed by atoms with Crippen molar-refractivity contribution in [2.24, 2.45) is 0 Å². The Labute approximate surface area is 124 Å². The van der Waals surface area contributed by atoms with Gasteiger partial charge in [-0.3, -0.25) is 0 Å². The van der Waals surface area contributed by atoms with Gasteiger partial charge in [-0.2, -0.15) is 11.8 Å². The Morgan fingerprint density at radius 2 is 2.16 bits per heavy atom. The van der Waals surface area contributed by atoms with E-state index >= 15 is 0 Å². The van der Waals surface area contributed by atoms with Crippen LogP contribution in [0.1, 0.15) is 24.8 Å². The highest BCUT2D eigenvalue weighted by Crippen LogP contribution is 2.28. The minimum atomic E-state index is 0.742. The van der Waals surface area contributed by atoms with Crippen LogP contribution in [-0.4, -0.2) is 30.6 Å². The van der Waals surface area contributed by atoms with Crippen LogP contribution in [-0.2, 0) is 6.54 Å². The summed E-state index contributed by atoms with van der Waals surface area (Å²) >= 11 is 8.24. The van der Waals surface area contributed by atoms with E-state index < -0.39 is 0 Å². The SMILES string of the molecule is Clc1ccc(N2CCCSCC2)c(CNC2CC2)c1. The Morgan fingerprint density at radius 1 is 1.26 bits per heavy atom. The zero-order chi connectivity index (χ0) is 13.1. The summed E-state index contributed by atoms with van der Waals surface area (Å²) in [6.07, 6.45) is 3.94. The molecule has 0 amide bonds. The van der Waals surface area contributed by atoms with E-state index in [-0.39, 0.29) is 0 Å². The number of nitrogens with one attached hydrogen (secondary N) is 1. The molecule has 0 unspecified atom stereocenters. The highest BCUT2D eigenvalue weighted by Gasteiger charge is 2.21. The van der Waals surface area contributed by atoms with Crippen LogP contribution in [0.3, 0.4) is 0 Å². The molecule has 1 saturated heterocycles. The van der Waals surface area contributed by atoms with E-state index in [1.807, 2.05) is 6.07 Å². The molecule has 104 valence electrons. The maximum Gasteiger partial charge on any atom is 0.0413 e. The van der Waals surface area contributed by atoms with Gasteiger partial charge in [-0.05, 0) is 48.8 Å². The van der Waals surface area contributed by atoms with Crippen molar-refractivity contribution in [3.8, 4) is 0 Å². The molecule has 19 heavy (non-hydrogen) atoms. The van der Waals surface area contributed by atoms with Gasteiger partial charge in [0.25, 0.3) is 0 Å². The fourth-order valence-electron chi connectivity index (χ4n) is 2.53. The third kappa shape index (κ3) is 3.80. The molecule has 2 fully saturated rings. The summed E-state index contributed by atoms with van der Waals surface area (Å²) in [6, 6.07) is 7.09. The predicted octanol–water partition coefficient (Wildman–Crippen LogP) is 3.54. The smallest absolute Gasteiger partial charge is 0.0413 e. The number of thioether (sulfide) groups is 1. The lowest BCUT2D eigenvalue weighted by molar-refractivity contribution is 0.683. The third-order valence-corrected chi connectivity index (χ3v) is 5.05. The van der Waals surface area contributed by atoms with E-state index in [9.17, 15) is 0 Å². The molecule has 4 heteroatoms. The molecule has 0 spiro atoms. The van der Waals surface area contributed by atoms with E-state index in [1.165, 1.54) is 48.6 Å². The van der Waals surface area contributed by atoms with Gasteiger partial charge < -0.3 is 10.2 Å². The molecule has 0 aromatic heterocycles. The molecule has 1 aliphatic heterocycles. The zero-order valence-corrected chi connectivity index (χ0v) is 12.8. The molecule has 0 radical (unpaired) electrons. The van der Waals surface area contributed by atoms with Crippen molar-refractivity contribution in [3.63, 3.8) is 0 Å². The number of benzene rings is 1. The molecule has 1 N–H and O–H groups in total. The maximum absolute atomic E-state index is 6.17. The molecule has 2 nitrogen and oxygen atoms in total. The molecule has 3 rings (SSSR count). The van der Waals surface area contributed by atoms with Gasteiger partial charge in [0.05, 0.1) is 0 Å². The van der Waals surface area contributed by atoms with Crippen LogP contribution >= 0.6 is 23.4 Å². The lowest BCUT2D eigenvalue weighted by atomic mass is 10.1. The van der Waals surface area contributed by atoms with Crippen molar-refractivity contribution >= 4 is 29.1 Å². The molecular weight excluding hydrogens is 276 g/mol. The minimum Gasteiger partial charge on any atom is -0.370 e. The van der Waals surface area contributed by atoms with Crippen LogP contribution in [0.5, 0.6) is 0 Å². The quantitative estimate of drug-likeness (QED) is 0.915. The van der Waals surface area contributed by atoms with E-state index in [0.29, 0.717) is 0 Å². The summed E-state index contributed by atoms with van der Waals surface area (Å²) in [6.45, 7) is 3.28. The molecule has 0 atom stereocenters. The van der Waals surface area contributed by atoms with Crippen LogP contribution in [0.15, 0.2) is 18.2 Å². The van der Waals surface area contributed by atoms with Crippen LogP contribution in [0.25, 0.3) is 0 Å². The first kappa shape index (κ1) is 13.6. The predicted molar refractivity (Wildman–Crippen MR) is 85.5 cm³/mol. The maximum atomic E-state index is 6.17. The average Bonchev–Trinajstić information content (AvgIpc) is 3.24. The summed E-state index contributed by atoms with van der Waals surface area (Å²) in [7, 11) is 0. The topological polar surface area (TPSA) is 15.3 Å². The first-order valence-electron chi connectivity index (χ1n) is 7.17. The van der Waals surface area contributed by atoms with Gasteiger partial charge in [-0.25, -0.2) is 0 Å². The van der Waals surface area contributed by atoms with Gasteiger partial charge in [0, 0.05) is 42.1 Å². The Balaban J connectivity index is 1.76. The van der Waals surface area contributed by atoms with Gasteiger partial charge in [0.1, 0.15) is 0 Å². The number of anilines is 1. The van der Waals surface area contributed by atoms with Crippen molar-refractivity contribution in [1.82, 2.24) is 5.32 Å². The Morgan fingerprint density at radius 3 is 3.00 bits per heavy atom. The first-order chi connectivity index (χ1) is 9.33. The van der Waals surface area contributed by atoms with Crippen molar-refractivity contribution in [2.45, 2.75) is 31.8 Å². The number of rotatable bonds is 4. The molecule has 1 saturated carbocycles. The molecule has 1 aromatic rings. The number of hydrogen-bond acceptors (Lipinski definition) is 3. The fraction of sp³-hybridized carbons (Fsp3) is 0.600. The van der Waals surface area contributed by atoms with Gasteiger partial charge in [-0.1, -0.05) is 11.6 Å². The van der Waals surface area contributed by atoms with Crippen molar-refractivity contribution in [3.05, 3.63) is 28.8 Å². The Hall–Kier alpha value is -0.380. The second-order valence-corrected chi connectivity index (χ2v) is 7.04. The zero-order valence-electron chi connectivity index (χ0n) is 11.2. The summed E-state index contributed by atoms with van der Waals surface area (Å²) < 4.78 is 0. The normalized spacial score (nSPS) is 20.4. The van der Waals surface area contributed by atoms with Crippen molar-refractivity contribution in [2.75, 3.05) is 29.5 Å². The number of hydrogen-bond donors (Lipinski definition) is 1. The highest BCUT2D eigenvalue weighted by atomic mass is 35.5. The van der Waals surface area contributed by atoms with Gasteiger partial charge >= 0.3 is 0 Å². The van der Waals surface area contributed by atoms with Gasteiger partial charge in [0.15, 0.2) is 0 Å². The summed E-state index contributed by atoms with van der Waals surface area (Å²) in [4.78, 5) is 2.53. The minimum absolute atomic E-state index is 0.742. The molecular formula is C15H21ClN2S. The fourth-order valence-corrected chi connectivity index (χ4v) is 3.61. The van der Waals surface area contributed by atoms with E-state index in [0.717, 1.165) is 24.2 Å². The van der Waals surface area contributed by atoms with Crippen LogP contribution in [0, 0.1) is 0 Å². The first-order valence-corrected chi connectivity index (χ1v) is 8.71. The van der Waals surface area contributed by atoms with Crippen LogP contribution < -0.4 is 10.2 Å². The summed E-state index contributed by atoms with van der Waals surface area (Å²) in [5.74, 6) is 2.53. The lowest BCUT2D eigenvalue weighted by Gasteiger charge is -2.25. The van der Waals surface area contributed by atoms with Crippen molar-refractivity contribution < 1.29 is 0 Å². The largest absolute Gasteiger partial charge is 0.370 e. The summed E-state index contributed by atoms with van der Waals surface area (Å²) in [5.41, 5.74) is 2.73. The van der Waals surface area contributed by atoms with E-state index in [4.69, 9.17) is 11.6 Å². The average molecular weight is 297 g/mol. The summed E-state index contributed by atoms with van der Waals surface area (Å²) in [5, 5.41) is 4.45. The Bertz CT molecular complexity index is 426. The number of nitrogens with zero attached hydrogens (tertiary/aromatic N) is 1. The molecule has 0 bridgehead atoms. The molecule has 1 heterocycles. The lowest BCUT2D eigenvalue weighted by Crippen LogP contribution is -2.27. The number of halogens is 1. The van der Waals surface area contributed by atoms with Crippen molar-refractivity contribution in [1.29, 1.82) is 0 Å². The van der Waals surface area contributed by atoms with Crippen LogP contribution in [0.4, 0.5) is 5.69 Å². The van der Waals surface area contributed by atoms with E-state index in [1.54, 1.807) is 0 Å². The standard InChI is InChI=1S/C15H21ClN2S/c16-13-2-5-15(18-6-1-8-19-9-7-18)12(10-13)11-17-14-3-4-14/h2,5,10,14,17H,1,3-4,6-9,11H2. The third-order valence-electron chi connectivity index (χ3n) is 3.76. The van der Waals surface area contributed by atoms with E-state index in [2.05, 4.69) is 34.1 Å². The second kappa shape index (κ2) is 6.38. The molecule has 1 aliphatic carbocycles. The monoisotopic (exact) mass is 296 g/mol. The molecule has 1 aromatic carbocycles. The van der Waals surface area contributed by atoms with Gasteiger partial charge in [0.2, 0.25) is 0 Å². The van der Waals surface area contributed by atoms with Crippen LogP contribution in [0.2, 0.25) is 5.02 Å². The van der Waals surface area contributed by atoms with Gasteiger partial charge in [-0.15, -0.1) is 0 Å².